The second-order valence-corrected chi connectivity index (χ2v) is 9.87. The molecule has 2 aliphatic heterocycles. The van der Waals surface area contributed by atoms with Gasteiger partial charge in [0.1, 0.15) is 29.7 Å². The van der Waals surface area contributed by atoms with Crippen molar-refractivity contribution < 1.29 is 9.47 Å². The van der Waals surface area contributed by atoms with E-state index in [-0.39, 0.29) is 24.3 Å². The lowest BCUT2D eigenvalue weighted by Crippen LogP contribution is -2.41. The maximum atomic E-state index is 6.60. The van der Waals surface area contributed by atoms with E-state index in [0.29, 0.717) is 0 Å². The van der Waals surface area contributed by atoms with Gasteiger partial charge in [0, 0.05) is 12.8 Å². The highest BCUT2D eigenvalue weighted by molar-refractivity contribution is 6.06. The van der Waals surface area contributed by atoms with Crippen LogP contribution in [0.25, 0.3) is 0 Å². The van der Waals surface area contributed by atoms with Gasteiger partial charge in [0.25, 0.3) is 0 Å². The van der Waals surface area contributed by atoms with E-state index in [0.717, 1.165) is 31.1 Å². The molecular formula is C29H26N2O2. The lowest BCUT2D eigenvalue weighted by atomic mass is 9.82. The van der Waals surface area contributed by atoms with Crippen LogP contribution in [-0.2, 0) is 28.7 Å². The van der Waals surface area contributed by atoms with E-state index in [1.54, 1.807) is 0 Å². The van der Waals surface area contributed by atoms with Crippen LogP contribution in [0.3, 0.4) is 0 Å². The number of ether oxygens (including phenoxy) is 2. The third-order valence-corrected chi connectivity index (χ3v) is 7.68. The third kappa shape index (κ3) is 2.90. The maximum absolute atomic E-state index is 6.60. The van der Waals surface area contributed by atoms with E-state index in [2.05, 4.69) is 85.8 Å². The van der Waals surface area contributed by atoms with Gasteiger partial charge < -0.3 is 9.47 Å². The Hall–Kier alpha value is -3.40. The van der Waals surface area contributed by atoms with Gasteiger partial charge in [-0.05, 0) is 41.2 Å². The zero-order valence-corrected chi connectivity index (χ0v) is 18.6. The molecule has 4 nitrogen and oxygen atoms in total. The molecule has 4 atom stereocenters. The van der Waals surface area contributed by atoms with Crippen molar-refractivity contribution in [1.82, 2.24) is 0 Å². The fourth-order valence-electron chi connectivity index (χ4n) is 5.98. The van der Waals surface area contributed by atoms with Crippen LogP contribution >= 0.6 is 0 Å². The Morgan fingerprint density at radius 1 is 0.697 bits per heavy atom. The first-order valence-electron chi connectivity index (χ1n) is 11.9. The van der Waals surface area contributed by atoms with Gasteiger partial charge in [-0.15, -0.1) is 0 Å². The Morgan fingerprint density at radius 2 is 1.18 bits per heavy atom. The Bertz CT molecular complexity index is 1220. The van der Waals surface area contributed by atoms with Crippen molar-refractivity contribution in [3.05, 3.63) is 107 Å². The molecule has 0 saturated heterocycles. The molecule has 3 aromatic carbocycles. The Kier molecular flexibility index (Phi) is 4.08. The summed E-state index contributed by atoms with van der Waals surface area (Å²) in [7, 11) is 0. The van der Waals surface area contributed by atoms with E-state index in [1.165, 1.54) is 27.8 Å². The quantitative estimate of drug-likeness (QED) is 0.550. The molecule has 3 aromatic rings. The number of rotatable bonds is 4. The fraction of sp³-hybridized carbons (Fsp3) is 0.310. The highest BCUT2D eigenvalue weighted by atomic mass is 16.5. The molecule has 7 rings (SSSR count). The molecule has 164 valence electrons. The van der Waals surface area contributed by atoms with Crippen LogP contribution in [0.4, 0.5) is 0 Å². The molecule has 0 aromatic heterocycles. The molecule has 0 spiro atoms. The Labute approximate surface area is 194 Å². The van der Waals surface area contributed by atoms with Crippen molar-refractivity contribution in [2.45, 2.75) is 50.5 Å². The van der Waals surface area contributed by atoms with E-state index < -0.39 is 5.41 Å². The number of nitrogens with zero attached hydrogens (tertiary/aromatic N) is 2. The lowest BCUT2D eigenvalue weighted by Gasteiger charge is -2.29. The summed E-state index contributed by atoms with van der Waals surface area (Å²) < 4.78 is 13.2. The molecular weight excluding hydrogens is 408 g/mol. The second kappa shape index (κ2) is 7.05. The topological polar surface area (TPSA) is 43.2 Å². The molecule has 0 bridgehead atoms. The van der Waals surface area contributed by atoms with E-state index in [1.807, 2.05) is 0 Å². The van der Waals surface area contributed by atoms with Crippen LogP contribution in [0, 0.1) is 5.41 Å². The molecule has 0 fully saturated rings. The molecule has 4 aliphatic rings. The van der Waals surface area contributed by atoms with Crippen LogP contribution in [0.5, 0.6) is 0 Å². The smallest absolute Gasteiger partial charge is 0.200 e. The Morgan fingerprint density at radius 3 is 1.73 bits per heavy atom. The van der Waals surface area contributed by atoms with Crippen molar-refractivity contribution >= 4 is 11.8 Å². The highest BCUT2D eigenvalue weighted by Gasteiger charge is 2.52. The average molecular weight is 435 g/mol. The number of hydrogen-bond acceptors (Lipinski definition) is 4. The largest absolute Gasteiger partial charge is 0.474 e. The summed E-state index contributed by atoms with van der Waals surface area (Å²) in [4.78, 5) is 10.4. The molecule has 4 heteroatoms. The Balaban J connectivity index is 1.29. The van der Waals surface area contributed by atoms with Crippen molar-refractivity contribution in [1.29, 1.82) is 0 Å². The first-order valence-corrected chi connectivity index (χ1v) is 11.9. The van der Waals surface area contributed by atoms with Gasteiger partial charge in [-0.3, -0.25) is 0 Å². The van der Waals surface area contributed by atoms with Crippen LogP contribution < -0.4 is 0 Å². The minimum absolute atomic E-state index is 0.0635. The monoisotopic (exact) mass is 434 g/mol. The van der Waals surface area contributed by atoms with Crippen LogP contribution in [0.15, 0.2) is 88.8 Å². The molecule has 0 amide bonds. The van der Waals surface area contributed by atoms with E-state index >= 15 is 0 Å². The first kappa shape index (κ1) is 19.1. The summed E-state index contributed by atoms with van der Waals surface area (Å²) in [6.45, 7) is 2.19. The molecule has 0 radical (unpaired) electrons. The number of benzene rings is 3. The van der Waals surface area contributed by atoms with E-state index in [4.69, 9.17) is 19.5 Å². The molecule has 2 heterocycles. The van der Waals surface area contributed by atoms with Crippen molar-refractivity contribution in [2.75, 3.05) is 0 Å². The summed E-state index contributed by atoms with van der Waals surface area (Å²) in [5.41, 5.74) is 5.97. The SMILES string of the molecule is CC(Cc1ccccc1)(C1=N[C@H]2c3ccccc3C[C@H]2O1)C1=N[C@H]2c3ccccc3C[C@H]2O1. The normalized spacial score (nSPS) is 26.5. The summed E-state index contributed by atoms with van der Waals surface area (Å²) in [5.74, 6) is 1.53. The number of hydrogen-bond donors (Lipinski definition) is 0. The number of aliphatic imine (C=N–C) groups is 2. The second-order valence-electron chi connectivity index (χ2n) is 9.87. The number of fused-ring (bicyclic) bond motifs is 6. The van der Waals surface area contributed by atoms with Crippen LogP contribution in [0.2, 0.25) is 0 Å². The molecule has 2 aliphatic carbocycles. The minimum atomic E-state index is -0.542. The van der Waals surface area contributed by atoms with Crippen molar-refractivity contribution in [2.24, 2.45) is 15.4 Å². The third-order valence-electron chi connectivity index (χ3n) is 7.68. The van der Waals surface area contributed by atoms with Crippen molar-refractivity contribution in [3.63, 3.8) is 0 Å². The fourth-order valence-corrected chi connectivity index (χ4v) is 5.98. The van der Waals surface area contributed by atoms with Gasteiger partial charge in [0.15, 0.2) is 11.8 Å². The van der Waals surface area contributed by atoms with E-state index in [9.17, 15) is 0 Å². The molecule has 0 unspecified atom stereocenters. The maximum Gasteiger partial charge on any atom is 0.200 e. The molecule has 0 N–H and O–H groups in total. The summed E-state index contributed by atoms with van der Waals surface area (Å²) in [6, 6.07) is 27.8. The summed E-state index contributed by atoms with van der Waals surface area (Å²) >= 11 is 0. The predicted molar refractivity (Wildman–Crippen MR) is 129 cm³/mol. The highest BCUT2D eigenvalue weighted by Crippen LogP contribution is 2.47. The van der Waals surface area contributed by atoms with Gasteiger partial charge in [-0.25, -0.2) is 9.98 Å². The lowest BCUT2D eigenvalue weighted by molar-refractivity contribution is 0.166. The zero-order valence-electron chi connectivity index (χ0n) is 18.6. The van der Waals surface area contributed by atoms with Gasteiger partial charge in [0.2, 0.25) is 0 Å². The summed E-state index contributed by atoms with van der Waals surface area (Å²) in [5, 5.41) is 0. The van der Waals surface area contributed by atoms with Crippen LogP contribution in [-0.4, -0.2) is 24.0 Å². The molecule has 33 heavy (non-hydrogen) atoms. The predicted octanol–water partition coefficient (Wildman–Crippen LogP) is 5.42. The van der Waals surface area contributed by atoms with Crippen molar-refractivity contribution in [3.8, 4) is 0 Å². The van der Waals surface area contributed by atoms with Gasteiger partial charge >= 0.3 is 0 Å². The average Bonchev–Trinajstić information content (AvgIpc) is 3.58. The van der Waals surface area contributed by atoms with Gasteiger partial charge in [-0.2, -0.15) is 0 Å². The zero-order chi connectivity index (χ0) is 22.0. The van der Waals surface area contributed by atoms with Gasteiger partial charge in [0.05, 0.1) is 0 Å². The first-order chi connectivity index (χ1) is 16.2. The molecule has 0 saturated carbocycles. The summed E-state index contributed by atoms with van der Waals surface area (Å²) in [6.07, 6.45) is 2.68. The van der Waals surface area contributed by atoms with Crippen LogP contribution in [0.1, 0.15) is 46.8 Å². The standard InChI is InChI=1S/C29H26N2O2/c1-29(17-18-9-3-2-4-10-18,27-30-25-21-13-7-5-11-19(21)15-23(25)32-27)28-31-26-22-14-8-6-12-20(22)16-24(26)33-28/h2-14,23-26H,15-17H2,1H3/t23-,24-,25+,26+/m1/s1. The van der Waals surface area contributed by atoms with Gasteiger partial charge in [-0.1, -0.05) is 78.9 Å². The minimum Gasteiger partial charge on any atom is -0.474 e.